The maximum absolute atomic E-state index is 12.3. The molecule has 21 heavy (non-hydrogen) atoms. The number of carbonyl (C=O) groups is 2. The molecule has 0 aliphatic carbocycles. The van der Waals surface area contributed by atoms with E-state index in [1.54, 1.807) is 0 Å². The first-order valence-corrected chi connectivity index (χ1v) is 7.81. The molecule has 0 aromatic rings. The van der Waals surface area contributed by atoms with Crippen molar-refractivity contribution in [3.63, 3.8) is 0 Å². The minimum absolute atomic E-state index is 0.0152. The Morgan fingerprint density at radius 2 is 2.05 bits per heavy atom. The molecule has 1 rings (SSSR count). The predicted octanol–water partition coefficient (Wildman–Crippen LogP) is 1.19. The van der Waals surface area contributed by atoms with Gasteiger partial charge in [-0.15, -0.1) is 0 Å². The zero-order chi connectivity index (χ0) is 16.2. The molecule has 0 spiro atoms. The third kappa shape index (κ3) is 6.04. The van der Waals surface area contributed by atoms with E-state index in [-0.39, 0.29) is 23.1 Å². The van der Waals surface area contributed by atoms with Gasteiger partial charge in [0.25, 0.3) is 0 Å². The average molecular weight is 297 g/mol. The van der Waals surface area contributed by atoms with Gasteiger partial charge in [-0.25, -0.2) is 0 Å². The number of rotatable bonds is 7. The fourth-order valence-electron chi connectivity index (χ4n) is 2.95. The van der Waals surface area contributed by atoms with Crippen molar-refractivity contribution in [1.82, 2.24) is 15.1 Å². The molecule has 1 saturated heterocycles. The molecule has 0 aromatic heterocycles. The zero-order valence-corrected chi connectivity index (χ0v) is 14.4. The van der Waals surface area contributed by atoms with Crippen LogP contribution >= 0.6 is 0 Å². The first-order chi connectivity index (χ1) is 9.60. The summed E-state index contributed by atoms with van der Waals surface area (Å²) in [6.07, 6.45) is 0.354. The summed E-state index contributed by atoms with van der Waals surface area (Å²) in [7, 11) is 4.06. The second kappa shape index (κ2) is 7.25. The van der Waals surface area contributed by atoms with Crippen LogP contribution in [-0.2, 0) is 9.59 Å². The molecule has 1 aliphatic heterocycles. The molecule has 0 saturated carbocycles. The normalized spacial score (nSPS) is 19.7. The lowest BCUT2D eigenvalue weighted by molar-refractivity contribution is -0.129. The van der Waals surface area contributed by atoms with Crippen LogP contribution in [0.4, 0.5) is 0 Å². The van der Waals surface area contributed by atoms with Crippen LogP contribution in [0.15, 0.2) is 0 Å². The third-order valence-corrected chi connectivity index (χ3v) is 3.66. The average Bonchev–Trinajstić information content (AvgIpc) is 2.65. The fraction of sp³-hybridized carbons (Fsp3) is 0.875. The SMILES string of the molecule is CC(C)CN1CC(C(=O)NCC(C)(C)CN(C)C)CC1=O. The zero-order valence-electron chi connectivity index (χ0n) is 14.4. The van der Waals surface area contributed by atoms with E-state index in [0.717, 1.165) is 13.1 Å². The lowest BCUT2D eigenvalue weighted by Gasteiger charge is -2.29. The lowest BCUT2D eigenvalue weighted by atomic mass is 9.92. The maximum atomic E-state index is 12.3. The molecule has 1 unspecified atom stereocenters. The molecule has 5 nitrogen and oxygen atoms in total. The van der Waals surface area contributed by atoms with Crippen molar-refractivity contribution in [2.75, 3.05) is 40.3 Å². The van der Waals surface area contributed by atoms with E-state index in [0.29, 0.717) is 25.4 Å². The first kappa shape index (κ1) is 18.0. The van der Waals surface area contributed by atoms with Crippen molar-refractivity contribution >= 4 is 11.8 Å². The highest BCUT2D eigenvalue weighted by Crippen LogP contribution is 2.20. The lowest BCUT2D eigenvalue weighted by Crippen LogP contribution is -2.42. The van der Waals surface area contributed by atoms with Crippen LogP contribution in [0.2, 0.25) is 0 Å². The van der Waals surface area contributed by atoms with Crippen molar-refractivity contribution in [1.29, 1.82) is 0 Å². The fourth-order valence-corrected chi connectivity index (χ4v) is 2.95. The second-order valence-corrected chi connectivity index (χ2v) is 7.71. The molecule has 1 heterocycles. The third-order valence-electron chi connectivity index (χ3n) is 3.66. The molecule has 1 aliphatic rings. The topological polar surface area (TPSA) is 52.7 Å². The molecule has 1 N–H and O–H groups in total. The highest BCUT2D eigenvalue weighted by atomic mass is 16.2. The molecule has 0 bridgehead atoms. The Kier molecular flexibility index (Phi) is 6.20. The Hall–Kier alpha value is -1.10. The summed E-state index contributed by atoms with van der Waals surface area (Å²) in [6, 6.07) is 0. The van der Waals surface area contributed by atoms with Crippen LogP contribution in [0, 0.1) is 17.3 Å². The van der Waals surface area contributed by atoms with Crippen LogP contribution in [-0.4, -0.2) is 61.9 Å². The molecule has 0 aromatic carbocycles. The van der Waals surface area contributed by atoms with Gasteiger partial charge < -0.3 is 15.1 Å². The van der Waals surface area contributed by atoms with Crippen LogP contribution in [0.5, 0.6) is 0 Å². The van der Waals surface area contributed by atoms with Gasteiger partial charge in [-0.1, -0.05) is 27.7 Å². The van der Waals surface area contributed by atoms with Gasteiger partial charge >= 0.3 is 0 Å². The Morgan fingerprint density at radius 3 is 2.57 bits per heavy atom. The molecule has 5 heteroatoms. The van der Waals surface area contributed by atoms with Gasteiger partial charge in [-0.3, -0.25) is 9.59 Å². The monoisotopic (exact) mass is 297 g/mol. The molecule has 122 valence electrons. The largest absolute Gasteiger partial charge is 0.355 e. The van der Waals surface area contributed by atoms with Crippen molar-refractivity contribution in [2.24, 2.45) is 17.3 Å². The Labute approximate surface area is 129 Å². The summed E-state index contributed by atoms with van der Waals surface area (Å²) in [5.41, 5.74) is 0.0272. The number of carbonyl (C=O) groups excluding carboxylic acids is 2. The van der Waals surface area contributed by atoms with Gasteiger partial charge in [0.05, 0.1) is 5.92 Å². The maximum Gasteiger partial charge on any atom is 0.225 e. The first-order valence-electron chi connectivity index (χ1n) is 7.81. The molecular formula is C16H31N3O2. The van der Waals surface area contributed by atoms with E-state index in [1.807, 2.05) is 19.0 Å². The van der Waals surface area contributed by atoms with Crippen LogP contribution < -0.4 is 5.32 Å². The van der Waals surface area contributed by atoms with E-state index in [1.165, 1.54) is 0 Å². The number of amides is 2. The minimum atomic E-state index is -0.189. The number of nitrogens with one attached hydrogen (secondary N) is 1. The highest BCUT2D eigenvalue weighted by Gasteiger charge is 2.34. The van der Waals surface area contributed by atoms with E-state index in [9.17, 15) is 9.59 Å². The standard InChI is InChI=1S/C16H31N3O2/c1-12(2)8-19-9-13(7-14(19)20)15(21)17-10-16(3,4)11-18(5)6/h12-13H,7-11H2,1-6H3,(H,17,21). The highest BCUT2D eigenvalue weighted by molar-refractivity contribution is 5.89. The van der Waals surface area contributed by atoms with Crippen molar-refractivity contribution in [3.05, 3.63) is 0 Å². The molecule has 2 amide bonds. The van der Waals surface area contributed by atoms with Crippen LogP contribution in [0.3, 0.4) is 0 Å². The van der Waals surface area contributed by atoms with Crippen molar-refractivity contribution < 1.29 is 9.59 Å². The van der Waals surface area contributed by atoms with Gasteiger partial charge in [0.1, 0.15) is 0 Å². The predicted molar refractivity (Wildman–Crippen MR) is 84.9 cm³/mol. The molecule has 0 radical (unpaired) electrons. The minimum Gasteiger partial charge on any atom is -0.355 e. The summed E-state index contributed by atoms with van der Waals surface area (Å²) in [5, 5.41) is 3.02. The quantitative estimate of drug-likeness (QED) is 0.768. The van der Waals surface area contributed by atoms with E-state index < -0.39 is 0 Å². The number of hydrogen-bond acceptors (Lipinski definition) is 3. The van der Waals surface area contributed by atoms with Crippen LogP contribution in [0.1, 0.15) is 34.1 Å². The van der Waals surface area contributed by atoms with E-state index in [2.05, 4.69) is 37.9 Å². The summed E-state index contributed by atoms with van der Waals surface area (Å²) >= 11 is 0. The molecule has 1 atom stereocenters. The van der Waals surface area contributed by atoms with Crippen molar-refractivity contribution in [3.8, 4) is 0 Å². The van der Waals surface area contributed by atoms with Gasteiger partial charge in [0.15, 0.2) is 0 Å². The van der Waals surface area contributed by atoms with Crippen molar-refractivity contribution in [2.45, 2.75) is 34.1 Å². The number of nitrogens with zero attached hydrogens (tertiary/aromatic N) is 2. The Morgan fingerprint density at radius 1 is 1.43 bits per heavy atom. The number of likely N-dealkylation sites (tertiary alicyclic amines) is 1. The smallest absolute Gasteiger partial charge is 0.225 e. The summed E-state index contributed by atoms with van der Waals surface area (Å²) < 4.78 is 0. The van der Waals surface area contributed by atoms with Gasteiger partial charge in [0.2, 0.25) is 11.8 Å². The summed E-state index contributed by atoms with van der Waals surface area (Å²) in [6.45, 7) is 11.3. The molecule has 1 fully saturated rings. The Bertz CT molecular complexity index is 378. The van der Waals surface area contributed by atoms with E-state index in [4.69, 9.17) is 0 Å². The van der Waals surface area contributed by atoms with Crippen LogP contribution in [0.25, 0.3) is 0 Å². The summed E-state index contributed by atoms with van der Waals surface area (Å²) in [5.74, 6) is 0.374. The Balaban J connectivity index is 2.45. The van der Waals surface area contributed by atoms with Gasteiger partial charge in [-0.05, 0) is 25.4 Å². The number of hydrogen-bond donors (Lipinski definition) is 1. The van der Waals surface area contributed by atoms with E-state index >= 15 is 0 Å². The molecular weight excluding hydrogens is 266 g/mol. The summed E-state index contributed by atoms with van der Waals surface area (Å²) in [4.78, 5) is 28.1. The van der Waals surface area contributed by atoms with Gasteiger partial charge in [0, 0.05) is 32.6 Å². The second-order valence-electron chi connectivity index (χ2n) is 7.71. The van der Waals surface area contributed by atoms with Gasteiger partial charge in [-0.2, -0.15) is 0 Å².